The number of aromatic nitrogens is 1. The molecule has 2 rings (SSSR count). The van der Waals surface area contributed by atoms with Gasteiger partial charge in [0.1, 0.15) is 5.75 Å². The smallest absolute Gasteiger partial charge is 0.119 e. The minimum atomic E-state index is 0.418. The highest BCUT2D eigenvalue weighted by Crippen LogP contribution is 2.22. The van der Waals surface area contributed by atoms with Crippen LogP contribution in [-0.4, -0.2) is 18.2 Å². The molecular weight excluding hydrogens is 260 g/mol. The van der Waals surface area contributed by atoms with E-state index in [2.05, 4.69) is 61.2 Å². The van der Waals surface area contributed by atoms with Crippen molar-refractivity contribution in [1.82, 2.24) is 9.88 Å². The van der Waals surface area contributed by atoms with E-state index in [0.29, 0.717) is 12.0 Å². The Labute approximate surface area is 127 Å². The topological polar surface area (TPSA) is 26.2 Å². The number of nitrogens with one attached hydrogen (secondary N) is 1. The monoisotopic (exact) mass is 286 g/mol. The first-order valence-electron chi connectivity index (χ1n) is 7.66. The van der Waals surface area contributed by atoms with Gasteiger partial charge in [0, 0.05) is 25.0 Å². The molecule has 1 aromatic carbocycles. The van der Waals surface area contributed by atoms with Crippen molar-refractivity contribution in [2.75, 3.05) is 13.7 Å². The molecule has 21 heavy (non-hydrogen) atoms. The maximum absolute atomic E-state index is 5.28. The summed E-state index contributed by atoms with van der Waals surface area (Å²) in [6, 6.07) is 10.9. The number of rotatable bonds is 7. The van der Waals surface area contributed by atoms with Crippen molar-refractivity contribution in [3.63, 3.8) is 0 Å². The van der Waals surface area contributed by atoms with Crippen LogP contribution < -0.4 is 10.1 Å². The van der Waals surface area contributed by atoms with Crippen LogP contribution in [0.25, 0.3) is 0 Å². The summed E-state index contributed by atoms with van der Waals surface area (Å²) in [6.45, 7) is 8.53. The second-order valence-corrected chi connectivity index (χ2v) is 5.75. The zero-order valence-electron chi connectivity index (χ0n) is 13.5. The highest BCUT2D eigenvalue weighted by molar-refractivity contribution is 5.29. The standard InChI is InChI=1S/C18H26N2O/c1-5-19-18(14(2)3)16-9-10-20(13-16)12-15-7-6-8-17(11-15)21-4/h6-11,13-14,18-19H,5,12H2,1-4H3. The molecule has 1 aromatic heterocycles. The van der Waals surface area contributed by atoms with E-state index in [4.69, 9.17) is 4.74 Å². The maximum Gasteiger partial charge on any atom is 0.119 e. The molecule has 3 nitrogen and oxygen atoms in total. The van der Waals surface area contributed by atoms with Crippen LogP contribution in [0, 0.1) is 5.92 Å². The first-order chi connectivity index (χ1) is 10.1. The summed E-state index contributed by atoms with van der Waals surface area (Å²) in [5, 5.41) is 3.56. The summed E-state index contributed by atoms with van der Waals surface area (Å²) in [7, 11) is 1.70. The van der Waals surface area contributed by atoms with Gasteiger partial charge in [-0.1, -0.05) is 32.9 Å². The van der Waals surface area contributed by atoms with Gasteiger partial charge in [-0.25, -0.2) is 0 Å². The van der Waals surface area contributed by atoms with Gasteiger partial charge in [-0.2, -0.15) is 0 Å². The number of ether oxygens (including phenoxy) is 1. The Kier molecular flexibility index (Phi) is 5.45. The van der Waals surface area contributed by atoms with E-state index in [9.17, 15) is 0 Å². The van der Waals surface area contributed by atoms with Gasteiger partial charge in [0.05, 0.1) is 7.11 Å². The van der Waals surface area contributed by atoms with Crippen molar-refractivity contribution < 1.29 is 4.74 Å². The normalized spacial score (nSPS) is 12.6. The van der Waals surface area contributed by atoms with Crippen LogP contribution in [0.3, 0.4) is 0 Å². The predicted octanol–water partition coefficient (Wildman–Crippen LogP) is 3.85. The van der Waals surface area contributed by atoms with Gasteiger partial charge in [-0.3, -0.25) is 0 Å². The Hall–Kier alpha value is -1.74. The molecule has 0 saturated carbocycles. The summed E-state index contributed by atoms with van der Waals surface area (Å²) < 4.78 is 7.51. The molecule has 3 heteroatoms. The van der Waals surface area contributed by atoms with Crippen molar-refractivity contribution >= 4 is 0 Å². The zero-order chi connectivity index (χ0) is 15.2. The molecule has 0 aliphatic heterocycles. The van der Waals surface area contributed by atoms with Gasteiger partial charge in [0.15, 0.2) is 0 Å². The summed E-state index contributed by atoms with van der Waals surface area (Å²) in [4.78, 5) is 0. The third kappa shape index (κ3) is 4.11. The minimum Gasteiger partial charge on any atom is -0.497 e. The Bertz CT molecular complexity index is 560. The molecule has 0 aliphatic rings. The lowest BCUT2D eigenvalue weighted by atomic mass is 9.98. The molecule has 1 atom stereocenters. The highest BCUT2D eigenvalue weighted by Gasteiger charge is 2.15. The van der Waals surface area contributed by atoms with Crippen LogP contribution in [-0.2, 0) is 6.54 Å². The zero-order valence-corrected chi connectivity index (χ0v) is 13.5. The van der Waals surface area contributed by atoms with Gasteiger partial charge in [0.25, 0.3) is 0 Å². The maximum atomic E-state index is 5.28. The summed E-state index contributed by atoms with van der Waals surface area (Å²) >= 11 is 0. The SMILES string of the molecule is CCNC(c1ccn(Cc2cccc(OC)c2)c1)C(C)C. The Morgan fingerprint density at radius 2 is 2.05 bits per heavy atom. The lowest BCUT2D eigenvalue weighted by Gasteiger charge is -2.20. The van der Waals surface area contributed by atoms with Gasteiger partial charge in [0.2, 0.25) is 0 Å². The fourth-order valence-corrected chi connectivity index (χ4v) is 2.68. The fourth-order valence-electron chi connectivity index (χ4n) is 2.68. The molecule has 1 unspecified atom stereocenters. The second-order valence-electron chi connectivity index (χ2n) is 5.75. The average molecular weight is 286 g/mol. The van der Waals surface area contributed by atoms with Crippen LogP contribution in [0.15, 0.2) is 42.7 Å². The average Bonchev–Trinajstić information content (AvgIpc) is 2.92. The van der Waals surface area contributed by atoms with E-state index < -0.39 is 0 Å². The van der Waals surface area contributed by atoms with Gasteiger partial charge >= 0.3 is 0 Å². The van der Waals surface area contributed by atoms with E-state index >= 15 is 0 Å². The van der Waals surface area contributed by atoms with E-state index in [1.165, 1.54) is 11.1 Å². The van der Waals surface area contributed by atoms with Gasteiger partial charge in [-0.15, -0.1) is 0 Å². The number of hydrogen-bond acceptors (Lipinski definition) is 2. The number of benzene rings is 1. The van der Waals surface area contributed by atoms with Crippen molar-refractivity contribution in [3.8, 4) is 5.75 Å². The molecule has 0 fully saturated rings. The molecule has 1 N–H and O–H groups in total. The number of hydrogen-bond donors (Lipinski definition) is 1. The van der Waals surface area contributed by atoms with Crippen LogP contribution in [0.1, 0.15) is 37.9 Å². The van der Waals surface area contributed by atoms with Crippen LogP contribution in [0.4, 0.5) is 0 Å². The van der Waals surface area contributed by atoms with Crippen LogP contribution in [0.5, 0.6) is 5.75 Å². The molecule has 0 spiro atoms. The molecular formula is C18H26N2O. The quantitative estimate of drug-likeness (QED) is 0.836. The number of nitrogens with zero attached hydrogens (tertiary/aromatic N) is 1. The van der Waals surface area contributed by atoms with Gasteiger partial charge < -0.3 is 14.6 Å². The molecule has 0 radical (unpaired) electrons. The highest BCUT2D eigenvalue weighted by atomic mass is 16.5. The molecule has 114 valence electrons. The Morgan fingerprint density at radius 3 is 2.71 bits per heavy atom. The van der Waals surface area contributed by atoms with Crippen LogP contribution in [0.2, 0.25) is 0 Å². The third-order valence-corrected chi connectivity index (χ3v) is 3.72. The van der Waals surface area contributed by atoms with E-state index in [1.807, 2.05) is 12.1 Å². The van der Waals surface area contributed by atoms with Crippen molar-refractivity contribution in [1.29, 1.82) is 0 Å². The van der Waals surface area contributed by atoms with Gasteiger partial charge in [-0.05, 0) is 41.8 Å². The summed E-state index contributed by atoms with van der Waals surface area (Å²) in [5.74, 6) is 1.49. The first kappa shape index (κ1) is 15.6. The summed E-state index contributed by atoms with van der Waals surface area (Å²) in [6.07, 6.45) is 4.40. The minimum absolute atomic E-state index is 0.418. The largest absolute Gasteiger partial charge is 0.497 e. The lowest BCUT2D eigenvalue weighted by Crippen LogP contribution is -2.25. The fraction of sp³-hybridized carbons (Fsp3) is 0.444. The van der Waals surface area contributed by atoms with Crippen molar-refractivity contribution in [3.05, 3.63) is 53.9 Å². The predicted molar refractivity (Wildman–Crippen MR) is 87.8 cm³/mol. The lowest BCUT2D eigenvalue weighted by molar-refractivity contribution is 0.414. The molecule has 0 bridgehead atoms. The second kappa shape index (κ2) is 7.32. The molecule has 2 aromatic rings. The Morgan fingerprint density at radius 1 is 1.24 bits per heavy atom. The molecule has 0 saturated heterocycles. The summed E-state index contributed by atoms with van der Waals surface area (Å²) in [5.41, 5.74) is 2.61. The molecule has 0 aliphatic carbocycles. The van der Waals surface area contributed by atoms with Crippen LogP contribution >= 0.6 is 0 Å². The van der Waals surface area contributed by atoms with E-state index in [1.54, 1.807) is 7.11 Å². The number of methoxy groups -OCH3 is 1. The third-order valence-electron chi connectivity index (χ3n) is 3.72. The molecule has 0 amide bonds. The Balaban J connectivity index is 2.11. The van der Waals surface area contributed by atoms with E-state index in [-0.39, 0.29) is 0 Å². The van der Waals surface area contributed by atoms with Crippen molar-refractivity contribution in [2.24, 2.45) is 5.92 Å². The van der Waals surface area contributed by atoms with Crippen molar-refractivity contribution in [2.45, 2.75) is 33.4 Å². The molecule has 1 heterocycles. The first-order valence-corrected chi connectivity index (χ1v) is 7.66. The van der Waals surface area contributed by atoms with E-state index in [0.717, 1.165) is 18.8 Å².